The number of nitrogens with zero attached hydrogens (tertiary/aromatic N) is 2. The average Bonchev–Trinajstić information content (AvgIpc) is 3.27. The molecule has 0 fully saturated rings. The lowest BCUT2D eigenvalue weighted by Crippen LogP contribution is -2.19. The van der Waals surface area contributed by atoms with Crippen molar-refractivity contribution in [1.82, 2.24) is 5.43 Å². The van der Waals surface area contributed by atoms with E-state index in [4.69, 9.17) is 4.42 Å². The minimum absolute atomic E-state index is 0.0374. The minimum atomic E-state index is -0.462. The molecule has 0 radical (unpaired) electrons. The third kappa shape index (κ3) is 4.18. The Hall–Kier alpha value is -3.26. The standard InChI is InChI=1S/C17H13N3O4S/c21-17(10-13-4-3-9-25-13)19-18-11-12-7-8-16(24-12)14-5-1-2-6-15(14)20(22)23/h1-9,11H,10H2,(H,19,21). The van der Waals surface area contributed by atoms with Gasteiger partial charge in [-0.2, -0.15) is 5.10 Å². The molecule has 0 saturated heterocycles. The molecule has 25 heavy (non-hydrogen) atoms. The van der Waals surface area contributed by atoms with Gasteiger partial charge in [-0.1, -0.05) is 18.2 Å². The molecule has 3 aromatic rings. The van der Waals surface area contributed by atoms with E-state index in [-0.39, 0.29) is 18.0 Å². The van der Waals surface area contributed by atoms with E-state index in [0.717, 1.165) is 4.88 Å². The Labute approximate surface area is 146 Å². The molecule has 0 bridgehead atoms. The Morgan fingerprint density at radius 1 is 1.24 bits per heavy atom. The number of carbonyl (C=O) groups is 1. The maximum atomic E-state index is 11.7. The largest absolute Gasteiger partial charge is 0.455 e. The molecule has 2 heterocycles. The Morgan fingerprint density at radius 2 is 2.08 bits per heavy atom. The van der Waals surface area contributed by atoms with E-state index in [1.165, 1.54) is 23.6 Å². The van der Waals surface area contributed by atoms with Crippen LogP contribution in [0.5, 0.6) is 0 Å². The van der Waals surface area contributed by atoms with E-state index < -0.39 is 4.92 Å². The van der Waals surface area contributed by atoms with Gasteiger partial charge in [-0.3, -0.25) is 14.9 Å². The summed E-state index contributed by atoms with van der Waals surface area (Å²) in [6.07, 6.45) is 1.61. The van der Waals surface area contributed by atoms with Crippen molar-refractivity contribution in [3.63, 3.8) is 0 Å². The van der Waals surface area contributed by atoms with Crippen molar-refractivity contribution in [3.8, 4) is 11.3 Å². The Kier molecular flexibility index (Phi) is 5.00. The Balaban J connectivity index is 1.66. The van der Waals surface area contributed by atoms with E-state index in [1.807, 2.05) is 17.5 Å². The average molecular weight is 355 g/mol. The van der Waals surface area contributed by atoms with Crippen molar-refractivity contribution < 1.29 is 14.1 Å². The van der Waals surface area contributed by atoms with Crippen LogP contribution in [0, 0.1) is 10.1 Å². The predicted octanol–water partition coefficient (Wildman–Crippen LogP) is 3.61. The predicted molar refractivity (Wildman–Crippen MR) is 94.6 cm³/mol. The lowest BCUT2D eigenvalue weighted by molar-refractivity contribution is -0.384. The van der Waals surface area contributed by atoms with E-state index in [2.05, 4.69) is 10.5 Å². The zero-order valence-electron chi connectivity index (χ0n) is 12.9. The Morgan fingerprint density at radius 3 is 2.84 bits per heavy atom. The summed E-state index contributed by atoms with van der Waals surface area (Å²) < 4.78 is 5.55. The molecule has 0 aliphatic rings. The van der Waals surface area contributed by atoms with Crippen LogP contribution < -0.4 is 5.43 Å². The van der Waals surface area contributed by atoms with Gasteiger partial charge in [0, 0.05) is 10.9 Å². The van der Waals surface area contributed by atoms with Gasteiger partial charge < -0.3 is 4.42 Å². The maximum Gasteiger partial charge on any atom is 0.280 e. The first-order chi connectivity index (χ1) is 12.1. The molecular formula is C17H13N3O4S. The number of hydrogen-bond donors (Lipinski definition) is 1. The number of thiophene rings is 1. The second kappa shape index (κ2) is 7.54. The van der Waals surface area contributed by atoms with E-state index in [1.54, 1.807) is 30.3 Å². The minimum Gasteiger partial charge on any atom is -0.455 e. The fourth-order valence-electron chi connectivity index (χ4n) is 2.19. The zero-order valence-corrected chi connectivity index (χ0v) is 13.7. The van der Waals surface area contributed by atoms with Crippen molar-refractivity contribution in [2.24, 2.45) is 5.10 Å². The summed E-state index contributed by atoms with van der Waals surface area (Å²) in [6, 6.07) is 13.3. The molecule has 0 aliphatic heterocycles. The molecule has 0 aliphatic carbocycles. The summed E-state index contributed by atoms with van der Waals surface area (Å²) in [7, 11) is 0. The van der Waals surface area contributed by atoms with Gasteiger partial charge in [0.1, 0.15) is 11.5 Å². The number of carbonyl (C=O) groups excluding carboxylic acids is 1. The van der Waals surface area contributed by atoms with Gasteiger partial charge in [0.2, 0.25) is 5.91 Å². The highest BCUT2D eigenvalue weighted by atomic mass is 32.1. The smallest absolute Gasteiger partial charge is 0.280 e. The highest BCUT2D eigenvalue weighted by Crippen LogP contribution is 2.30. The normalized spacial score (nSPS) is 10.9. The Bertz CT molecular complexity index is 916. The highest BCUT2D eigenvalue weighted by molar-refractivity contribution is 7.10. The number of hydrazone groups is 1. The molecule has 8 heteroatoms. The molecule has 7 nitrogen and oxygen atoms in total. The van der Waals surface area contributed by atoms with E-state index in [9.17, 15) is 14.9 Å². The molecule has 1 N–H and O–H groups in total. The number of amides is 1. The molecule has 1 aromatic carbocycles. The van der Waals surface area contributed by atoms with Crippen molar-refractivity contribution in [3.05, 3.63) is 74.7 Å². The first-order valence-electron chi connectivity index (χ1n) is 7.31. The number of furan rings is 1. The number of hydrogen-bond acceptors (Lipinski definition) is 6. The summed E-state index contributed by atoms with van der Waals surface area (Å²) in [4.78, 5) is 23.3. The fraction of sp³-hybridized carbons (Fsp3) is 0.0588. The zero-order chi connectivity index (χ0) is 17.6. The highest BCUT2D eigenvalue weighted by Gasteiger charge is 2.16. The monoisotopic (exact) mass is 355 g/mol. The van der Waals surface area contributed by atoms with Crippen LogP contribution in [0.2, 0.25) is 0 Å². The van der Waals surface area contributed by atoms with Crippen LogP contribution in [0.1, 0.15) is 10.6 Å². The van der Waals surface area contributed by atoms with Crippen LogP contribution in [-0.4, -0.2) is 17.0 Å². The summed E-state index contributed by atoms with van der Waals surface area (Å²) in [5.41, 5.74) is 2.76. The summed E-state index contributed by atoms with van der Waals surface area (Å²) in [5, 5.41) is 16.8. The quantitative estimate of drug-likeness (QED) is 0.415. The first-order valence-corrected chi connectivity index (χ1v) is 8.19. The van der Waals surface area contributed by atoms with Gasteiger partial charge >= 0.3 is 0 Å². The van der Waals surface area contributed by atoms with Crippen LogP contribution in [0.15, 0.2) is 63.4 Å². The van der Waals surface area contributed by atoms with Crippen LogP contribution in [-0.2, 0) is 11.2 Å². The molecule has 2 aromatic heterocycles. The summed E-state index contributed by atoms with van der Waals surface area (Å²) in [6.45, 7) is 0. The summed E-state index contributed by atoms with van der Waals surface area (Å²) in [5.74, 6) is 0.507. The summed E-state index contributed by atoms with van der Waals surface area (Å²) >= 11 is 1.50. The molecule has 0 unspecified atom stereocenters. The topological polar surface area (TPSA) is 97.7 Å². The van der Waals surface area contributed by atoms with Gasteiger partial charge in [0.25, 0.3) is 5.69 Å². The lowest BCUT2D eigenvalue weighted by atomic mass is 10.1. The van der Waals surface area contributed by atoms with Crippen LogP contribution in [0.25, 0.3) is 11.3 Å². The molecule has 126 valence electrons. The molecule has 3 rings (SSSR count). The van der Waals surface area contributed by atoms with Crippen LogP contribution in [0.4, 0.5) is 5.69 Å². The van der Waals surface area contributed by atoms with Crippen molar-refractivity contribution >= 4 is 29.1 Å². The second-order valence-electron chi connectivity index (χ2n) is 5.03. The van der Waals surface area contributed by atoms with Crippen molar-refractivity contribution in [1.29, 1.82) is 0 Å². The fourth-order valence-corrected chi connectivity index (χ4v) is 2.89. The van der Waals surface area contributed by atoms with Gasteiger partial charge in [0.15, 0.2) is 0 Å². The van der Waals surface area contributed by atoms with E-state index >= 15 is 0 Å². The van der Waals surface area contributed by atoms with Crippen molar-refractivity contribution in [2.75, 3.05) is 0 Å². The van der Waals surface area contributed by atoms with Crippen LogP contribution in [0.3, 0.4) is 0 Å². The van der Waals surface area contributed by atoms with Crippen LogP contribution >= 0.6 is 11.3 Å². The van der Waals surface area contributed by atoms with E-state index in [0.29, 0.717) is 17.1 Å². The lowest BCUT2D eigenvalue weighted by Gasteiger charge is -1.98. The van der Waals surface area contributed by atoms with Crippen molar-refractivity contribution in [2.45, 2.75) is 6.42 Å². The van der Waals surface area contributed by atoms with Gasteiger partial charge in [0.05, 0.1) is 23.1 Å². The third-order valence-corrected chi connectivity index (χ3v) is 4.17. The molecule has 0 spiro atoms. The number of benzene rings is 1. The number of rotatable bonds is 6. The second-order valence-corrected chi connectivity index (χ2v) is 6.06. The first kappa shape index (κ1) is 16.6. The van der Waals surface area contributed by atoms with Gasteiger partial charge in [-0.05, 0) is 29.6 Å². The molecule has 0 saturated carbocycles. The van der Waals surface area contributed by atoms with Gasteiger partial charge in [-0.25, -0.2) is 5.43 Å². The number of nitrogens with one attached hydrogen (secondary N) is 1. The maximum absolute atomic E-state index is 11.7. The number of para-hydroxylation sites is 1. The number of nitro groups is 1. The third-order valence-electron chi connectivity index (χ3n) is 3.29. The molecule has 1 amide bonds. The molecular weight excluding hydrogens is 342 g/mol. The number of nitro benzene ring substituents is 1. The molecule has 0 atom stereocenters. The van der Waals surface area contributed by atoms with Gasteiger partial charge in [-0.15, -0.1) is 11.3 Å². The SMILES string of the molecule is O=C(Cc1cccs1)NN=Cc1ccc(-c2ccccc2[N+](=O)[O-])o1.